The number of nitrogens with zero attached hydrogens (tertiary/aromatic N) is 6. The molecule has 1 amide bonds. The van der Waals surface area contributed by atoms with Crippen LogP contribution in [0.5, 0.6) is 6.01 Å². The predicted molar refractivity (Wildman–Crippen MR) is 114 cm³/mol. The number of fused-ring (bicyclic) bond motifs is 1. The Hall–Kier alpha value is -2.64. The molecule has 3 aliphatic rings. The highest BCUT2D eigenvalue weighted by Gasteiger charge is 2.44. The van der Waals surface area contributed by atoms with Crippen molar-refractivity contribution in [1.29, 1.82) is 5.26 Å². The Labute approximate surface area is 182 Å². The van der Waals surface area contributed by atoms with E-state index in [1.54, 1.807) is 0 Å². The number of rotatable bonds is 7. The zero-order chi connectivity index (χ0) is 22.0. The predicted octanol–water partition coefficient (Wildman–Crippen LogP) is 0.925. The average Bonchev–Trinajstić information content (AvgIpc) is 3.50. The lowest BCUT2D eigenvalue weighted by atomic mass is 10.0. The molecule has 1 saturated heterocycles. The van der Waals surface area contributed by atoms with Gasteiger partial charge in [0.15, 0.2) is 0 Å². The zero-order valence-electron chi connectivity index (χ0n) is 18.3. The van der Waals surface area contributed by atoms with Gasteiger partial charge in [-0.15, -0.1) is 0 Å². The molecule has 0 bridgehead atoms. The van der Waals surface area contributed by atoms with Crippen LogP contribution < -0.4 is 15.0 Å². The number of ether oxygens (including phenoxy) is 1. The SMILES string of the molecule is CN(C)CC1(COc2nc3c(c(N4CCN(C(=O)O)C(CC#N)C4)n2)CCNC3)CC1. The number of piperazine rings is 1. The van der Waals surface area contributed by atoms with Gasteiger partial charge in [0.05, 0.1) is 30.8 Å². The first-order valence-corrected chi connectivity index (χ1v) is 10.9. The summed E-state index contributed by atoms with van der Waals surface area (Å²) in [6.07, 6.45) is 2.30. The molecule has 1 aromatic rings. The third kappa shape index (κ3) is 4.83. The molecule has 10 nitrogen and oxygen atoms in total. The first kappa shape index (κ1) is 21.6. The van der Waals surface area contributed by atoms with Crippen LogP contribution in [0.1, 0.15) is 30.5 Å². The summed E-state index contributed by atoms with van der Waals surface area (Å²) in [7, 11) is 4.15. The third-order valence-electron chi connectivity index (χ3n) is 6.37. The van der Waals surface area contributed by atoms with E-state index in [1.807, 2.05) is 0 Å². The molecule has 2 fully saturated rings. The van der Waals surface area contributed by atoms with Crippen molar-refractivity contribution in [2.45, 2.75) is 38.3 Å². The van der Waals surface area contributed by atoms with Gasteiger partial charge in [0, 0.05) is 43.7 Å². The Morgan fingerprint density at radius 1 is 1.39 bits per heavy atom. The summed E-state index contributed by atoms with van der Waals surface area (Å²) in [5.74, 6) is 0.826. The van der Waals surface area contributed by atoms with Crippen LogP contribution >= 0.6 is 0 Å². The summed E-state index contributed by atoms with van der Waals surface area (Å²) >= 11 is 0. The Morgan fingerprint density at radius 2 is 2.19 bits per heavy atom. The maximum absolute atomic E-state index is 11.6. The van der Waals surface area contributed by atoms with E-state index in [0.717, 1.165) is 49.4 Å². The van der Waals surface area contributed by atoms with Crippen LogP contribution in [0.3, 0.4) is 0 Å². The topological polar surface area (TPSA) is 118 Å². The lowest BCUT2D eigenvalue weighted by Gasteiger charge is -2.40. The molecule has 2 aliphatic heterocycles. The largest absolute Gasteiger partial charge is 0.465 e. The highest BCUT2D eigenvalue weighted by molar-refractivity contribution is 5.66. The second-order valence-electron chi connectivity index (χ2n) is 9.15. The van der Waals surface area contributed by atoms with Crippen LogP contribution in [0.15, 0.2) is 0 Å². The average molecular weight is 430 g/mol. The molecular weight excluding hydrogens is 398 g/mol. The summed E-state index contributed by atoms with van der Waals surface area (Å²) in [6, 6.07) is 2.14. The van der Waals surface area contributed by atoms with Crippen molar-refractivity contribution < 1.29 is 14.6 Å². The van der Waals surface area contributed by atoms with Gasteiger partial charge in [0.25, 0.3) is 0 Å². The molecule has 2 N–H and O–H groups in total. The van der Waals surface area contributed by atoms with Crippen molar-refractivity contribution in [3.05, 3.63) is 11.3 Å². The Balaban J connectivity index is 1.56. The van der Waals surface area contributed by atoms with E-state index in [0.29, 0.717) is 38.8 Å². The number of hydrogen-bond acceptors (Lipinski definition) is 8. The fraction of sp³-hybridized carbons (Fsp3) is 0.714. The third-order valence-corrected chi connectivity index (χ3v) is 6.37. The van der Waals surface area contributed by atoms with Crippen LogP contribution in [0, 0.1) is 16.7 Å². The van der Waals surface area contributed by atoms with Gasteiger partial charge in [0.2, 0.25) is 0 Å². The molecule has 4 rings (SSSR count). The lowest BCUT2D eigenvalue weighted by molar-refractivity contribution is 0.119. The minimum absolute atomic E-state index is 0.161. The number of nitrogens with one attached hydrogen (secondary N) is 1. The van der Waals surface area contributed by atoms with E-state index in [-0.39, 0.29) is 17.9 Å². The standard InChI is InChI=1S/C21H31N7O3/c1-26(2)13-21(5-6-21)14-31-19-24-17-11-23-8-4-16(17)18(25-19)27-9-10-28(20(29)30)15(12-27)3-7-22/h15,23H,3-6,8-14H2,1-2H3,(H,29,30). The Bertz CT molecular complexity index is 865. The molecule has 1 saturated carbocycles. The van der Waals surface area contributed by atoms with Crippen LogP contribution in [0.2, 0.25) is 0 Å². The summed E-state index contributed by atoms with van der Waals surface area (Å²) < 4.78 is 6.11. The van der Waals surface area contributed by atoms with Crippen molar-refractivity contribution >= 4 is 11.9 Å². The van der Waals surface area contributed by atoms with Crippen molar-refractivity contribution in [3.63, 3.8) is 0 Å². The number of anilines is 1. The molecule has 0 aromatic carbocycles. The van der Waals surface area contributed by atoms with Crippen LogP contribution in [-0.2, 0) is 13.0 Å². The van der Waals surface area contributed by atoms with Gasteiger partial charge in [-0.05, 0) is 39.9 Å². The number of amides is 1. The smallest absolute Gasteiger partial charge is 0.407 e. The molecule has 168 valence electrons. The Morgan fingerprint density at radius 3 is 2.87 bits per heavy atom. The van der Waals surface area contributed by atoms with Crippen LogP contribution in [0.4, 0.5) is 10.6 Å². The first-order valence-electron chi connectivity index (χ1n) is 10.9. The highest BCUT2D eigenvalue weighted by Crippen LogP contribution is 2.46. The molecule has 0 radical (unpaired) electrons. The second-order valence-corrected chi connectivity index (χ2v) is 9.15. The second kappa shape index (κ2) is 8.85. The molecule has 31 heavy (non-hydrogen) atoms. The van der Waals surface area contributed by atoms with Crippen molar-refractivity contribution in [2.75, 3.05) is 58.3 Å². The number of carbonyl (C=O) groups is 1. The summed E-state index contributed by atoms with van der Waals surface area (Å²) in [5, 5.41) is 22.0. The number of carboxylic acid groups (broad SMARTS) is 1. The van der Waals surface area contributed by atoms with Crippen molar-refractivity contribution in [2.24, 2.45) is 5.41 Å². The molecule has 1 aliphatic carbocycles. The lowest BCUT2D eigenvalue weighted by Crippen LogP contribution is -2.55. The highest BCUT2D eigenvalue weighted by atomic mass is 16.5. The zero-order valence-corrected chi connectivity index (χ0v) is 18.3. The molecule has 1 atom stereocenters. The van der Waals surface area contributed by atoms with Gasteiger partial charge < -0.3 is 29.9 Å². The van der Waals surface area contributed by atoms with Crippen molar-refractivity contribution in [3.8, 4) is 12.1 Å². The van der Waals surface area contributed by atoms with Gasteiger partial charge in [-0.3, -0.25) is 0 Å². The normalized spacial score (nSPS) is 22.1. The maximum atomic E-state index is 11.6. The van der Waals surface area contributed by atoms with E-state index in [9.17, 15) is 15.2 Å². The number of nitriles is 1. The van der Waals surface area contributed by atoms with E-state index in [4.69, 9.17) is 9.72 Å². The fourth-order valence-electron chi connectivity index (χ4n) is 4.64. The van der Waals surface area contributed by atoms with Gasteiger partial charge in [-0.2, -0.15) is 15.2 Å². The monoisotopic (exact) mass is 429 g/mol. The van der Waals surface area contributed by atoms with Gasteiger partial charge >= 0.3 is 12.1 Å². The molecule has 10 heteroatoms. The minimum Gasteiger partial charge on any atom is -0.465 e. The molecule has 1 unspecified atom stereocenters. The molecular formula is C21H31N7O3. The molecule has 1 aromatic heterocycles. The number of hydrogen-bond donors (Lipinski definition) is 2. The van der Waals surface area contributed by atoms with Gasteiger partial charge in [-0.1, -0.05) is 0 Å². The van der Waals surface area contributed by atoms with Gasteiger partial charge in [0.1, 0.15) is 5.82 Å². The summed E-state index contributed by atoms with van der Waals surface area (Å²) in [6.45, 7) is 4.43. The molecule has 3 heterocycles. The van der Waals surface area contributed by atoms with Crippen LogP contribution in [-0.4, -0.2) is 90.4 Å². The first-order chi connectivity index (χ1) is 14.9. The van der Waals surface area contributed by atoms with E-state index in [2.05, 4.69) is 40.3 Å². The van der Waals surface area contributed by atoms with Crippen LogP contribution in [0.25, 0.3) is 0 Å². The quantitative estimate of drug-likeness (QED) is 0.652. The fourth-order valence-corrected chi connectivity index (χ4v) is 4.64. The number of aromatic nitrogens is 2. The van der Waals surface area contributed by atoms with E-state index < -0.39 is 6.09 Å². The maximum Gasteiger partial charge on any atom is 0.407 e. The minimum atomic E-state index is -0.978. The van der Waals surface area contributed by atoms with Gasteiger partial charge in [-0.25, -0.2) is 4.79 Å². The summed E-state index contributed by atoms with van der Waals surface area (Å²) in [5.41, 5.74) is 2.23. The van der Waals surface area contributed by atoms with Crippen molar-refractivity contribution in [1.82, 2.24) is 25.1 Å². The van der Waals surface area contributed by atoms with E-state index >= 15 is 0 Å². The molecule has 0 spiro atoms. The van der Waals surface area contributed by atoms with E-state index in [1.165, 1.54) is 4.90 Å². The Kier molecular flexibility index (Phi) is 6.16. The summed E-state index contributed by atoms with van der Waals surface area (Å²) in [4.78, 5) is 26.7.